The Morgan fingerprint density at radius 1 is 0.818 bits per heavy atom. The lowest BCUT2D eigenvalue weighted by atomic mass is 9.89. The third-order valence-electron chi connectivity index (χ3n) is 4.09. The predicted molar refractivity (Wildman–Crippen MR) is 92.0 cm³/mol. The first-order chi connectivity index (χ1) is 10.8. The van der Waals surface area contributed by atoms with Crippen molar-refractivity contribution in [2.75, 3.05) is 0 Å². The highest BCUT2D eigenvalue weighted by molar-refractivity contribution is 5.29. The van der Waals surface area contributed by atoms with Crippen LogP contribution in [-0.4, -0.2) is 4.98 Å². The van der Waals surface area contributed by atoms with E-state index in [9.17, 15) is 0 Å². The monoisotopic (exact) mass is 287 g/mol. The molecule has 1 heteroatoms. The molecule has 2 aromatic carbocycles. The van der Waals surface area contributed by atoms with Gasteiger partial charge in [0.15, 0.2) is 0 Å². The van der Waals surface area contributed by atoms with Gasteiger partial charge in [-0.2, -0.15) is 0 Å². The van der Waals surface area contributed by atoms with E-state index in [0.717, 1.165) is 18.5 Å². The Balaban J connectivity index is 1.81. The highest BCUT2D eigenvalue weighted by Crippen LogP contribution is 2.27. The van der Waals surface area contributed by atoms with E-state index in [4.69, 9.17) is 0 Å². The molecular weight excluding hydrogens is 266 g/mol. The van der Waals surface area contributed by atoms with Crippen LogP contribution in [0.3, 0.4) is 0 Å². The van der Waals surface area contributed by atoms with Crippen molar-refractivity contribution in [2.45, 2.75) is 25.7 Å². The van der Waals surface area contributed by atoms with E-state index >= 15 is 0 Å². The molecule has 3 rings (SSSR count). The summed E-state index contributed by atoms with van der Waals surface area (Å²) in [7, 11) is 0. The summed E-state index contributed by atoms with van der Waals surface area (Å²) in [5.41, 5.74) is 5.20. The highest BCUT2D eigenvalue weighted by Gasteiger charge is 2.15. The topological polar surface area (TPSA) is 12.9 Å². The van der Waals surface area contributed by atoms with Crippen molar-refractivity contribution in [1.82, 2.24) is 4.98 Å². The molecule has 1 unspecified atom stereocenters. The molecule has 0 amide bonds. The fourth-order valence-electron chi connectivity index (χ4n) is 2.82. The minimum atomic E-state index is 0.351. The number of hydrogen-bond acceptors (Lipinski definition) is 1. The number of nitrogens with zero attached hydrogens (tertiary/aromatic N) is 1. The van der Waals surface area contributed by atoms with Gasteiger partial charge in [-0.15, -0.1) is 0 Å². The van der Waals surface area contributed by atoms with Gasteiger partial charge in [0.25, 0.3) is 0 Å². The molecule has 0 fully saturated rings. The molecule has 0 aliphatic carbocycles. The molecule has 110 valence electrons. The zero-order chi connectivity index (χ0) is 15.2. The Kier molecular flexibility index (Phi) is 4.65. The first-order valence-corrected chi connectivity index (χ1v) is 7.84. The third kappa shape index (κ3) is 3.62. The normalized spacial score (nSPS) is 12.0. The Morgan fingerprint density at radius 2 is 1.55 bits per heavy atom. The number of pyridine rings is 1. The second-order valence-corrected chi connectivity index (χ2v) is 5.74. The van der Waals surface area contributed by atoms with E-state index in [1.54, 1.807) is 0 Å². The standard InChI is InChI=1S/C21H21N/c1-17-10-12-18(13-11-17)14-15-20(19-7-3-2-4-8-19)21-9-5-6-16-22-21/h2-13,16,20H,14-15H2,1H3. The summed E-state index contributed by atoms with van der Waals surface area (Å²) in [6, 6.07) is 25.7. The molecule has 0 saturated carbocycles. The van der Waals surface area contributed by atoms with Crippen molar-refractivity contribution in [1.29, 1.82) is 0 Å². The maximum Gasteiger partial charge on any atom is 0.0478 e. The average molecular weight is 287 g/mol. The van der Waals surface area contributed by atoms with E-state index in [1.165, 1.54) is 16.7 Å². The Hall–Kier alpha value is -2.41. The van der Waals surface area contributed by atoms with Crippen molar-refractivity contribution in [3.05, 3.63) is 101 Å². The molecular formula is C21H21N. The van der Waals surface area contributed by atoms with Crippen LogP contribution in [0.5, 0.6) is 0 Å². The lowest BCUT2D eigenvalue weighted by Crippen LogP contribution is -2.05. The summed E-state index contributed by atoms with van der Waals surface area (Å²) in [5.74, 6) is 0.351. The Morgan fingerprint density at radius 3 is 2.23 bits per heavy atom. The number of benzene rings is 2. The van der Waals surface area contributed by atoms with E-state index in [1.807, 2.05) is 12.3 Å². The summed E-state index contributed by atoms with van der Waals surface area (Å²) in [6.07, 6.45) is 4.03. The van der Waals surface area contributed by atoms with Crippen molar-refractivity contribution >= 4 is 0 Å². The molecule has 1 heterocycles. The zero-order valence-electron chi connectivity index (χ0n) is 12.9. The molecule has 3 aromatic rings. The number of aryl methyl sites for hydroxylation is 2. The van der Waals surface area contributed by atoms with Crippen LogP contribution in [0.2, 0.25) is 0 Å². The molecule has 0 aliphatic rings. The molecule has 0 radical (unpaired) electrons. The molecule has 0 bridgehead atoms. The van der Waals surface area contributed by atoms with Crippen molar-refractivity contribution in [3.8, 4) is 0 Å². The fourth-order valence-corrected chi connectivity index (χ4v) is 2.82. The predicted octanol–water partition coefficient (Wildman–Crippen LogP) is 5.15. The van der Waals surface area contributed by atoms with Gasteiger partial charge in [0.05, 0.1) is 0 Å². The van der Waals surface area contributed by atoms with Gasteiger partial charge in [-0.25, -0.2) is 0 Å². The average Bonchev–Trinajstić information content (AvgIpc) is 2.59. The van der Waals surface area contributed by atoms with Gasteiger partial charge in [-0.3, -0.25) is 4.98 Å². The van der Waals surface area contributed by atoms with Gasteiger partial charge in [0.2, 0.25) is 0 Å². The van der Waals surface area contributed by atoms with Crippen molar-refractivity contribution in [3.63, 3.8) is 0 Å². The Bertz CT molecular complexity index is 647. The summed E-state index contributed by atoms with van der Waals surface area (Å²) < 4.78 is 0. The number of rotatable bonds is 5. The summed E-state index contributed by atoms with van der Waals surface area (Å²) in [6.45, 7) is 2.13. The summed E-state index contributed by atoms with van der Waals surface area (Å²) in [4.78, 5) is 4.58. The first kappa shape index (κ1) is 14.5. The van der Waals surface area contributed by atoms with Crippen LogP contribution < -0.4 is 0 Å². The number of aromatic nitrogens is 1. The molecule has 1 nitrogen and oxygen atoms in total. The maximum absolute atomic E-state index is 4.58. The Labute approximate surface area is 132 Å². The molecule has 0 saturated heterocycles. The van der Waals surface area contributed by atoms with Crippen LogP contribution in [0.15, 0.2) is 79.0 Å². The van der Waals surface area contributed by atoms with Gasteiger partial charge < -0.3 is 0 Å². The minimum absolute atomic E-state index is 0.351. The van der Waals surface area contributed by atoms with Crippen LogP contribution >= 0.6 is 0 Å². The fraction of sp³-hybridized carbons (Fsp3) is 0.190. The van der Waals surface area contributed by atoms with E-state index < -0.39 is 0 Å². The maximum atomic E-state index is 4.58. The van der Waals surface area contributed by atoms with Crippen LogP contribution in [0.25, 0.3) is 0 Å². The van der Waals surface area contributed by atoms with Gasteiger partial charge in [-0.1, -0.05) is 66.2 Å². The van der Waals surface area contributed by atoms with Crippen LogP contribution in [0, 0.1) is 6.92 Å². The molecule has 0 aliphatic heterocycles. The van der Waals surface area contributed by atoms with Gasteiger partial charge in [0.1, 0.15) is 0 Å². The second kappa shape index (κ2) is 7.04. The van der Waals surface area contributed by atoms with Crippen LogP contribution in [0.4, 0.5) is 0 Å². The van der Waals surface area contributed by atoms with Gasteiger partial charge >= 0.3 is 0 Å². The summed E-state index contributed by atoms with van der Waals surface area (Å²) in [5, 5.41) is 0. The summed E-state index contributed by atoms with van der Waals surface area (Å²) >= 11 is 0. The third-order valence-corrected chi connectivity index (χ3v) is 4.09. The molecule has 0 N–H and O–H groups in total. The van der Waals surface area contributed by atoms with Gasteiger partial charge in [0, 0.05) is 17.8 Å². The first-order valence-electron chi connectivity index (χ1n) is 7.84. The number of hydrogen-bond donors (Lipinski definition) is 0. The van der Waals surface area contributed by atoms with E-state index in [0.29, 0.717) is 5.92 Å². The highest BCUT2D eigenvalue weighted by atomic mass is 14.7. The molecule has 1 aromatic heterocycles. The van der Waals surface area contributed by atoms with E-state index in [-0.39, 0.29) is 0 Å². The smallest absolute Gasteiger partial charge is 0.0478 e. The lowest BCUT2D eigenvalue weighted by Gasteiger charge is -2.17. The van der Waals surface area contributed by atoms with Crippen molar-refractivity contribution in [2.24, 2.45) is 0 Å². The molecule has 0 spiro atoms. The molecule has 22 heavy (non-hydrogen) atoms. The zero-order valence-corrected chi connectivity index (χ0v) is 12.9. The minimum Gasteiger partial charge on any atom is -0.261 e. The van der Waals surface area contributed by atoms with Crippen LogP contribution in [-0.2, 0) is 6.42 Å². The van der Waals surface area contributed by atoms with Crippen LogP contribution in [0.1, 0.15) is 34.7 Å². The lowest BCUT2D eigenvalue weighted by molar-refractivity contribution is 0.695. The van der Waals surface area contributed by atoms with E-state index in [2.05, 4.69) is 78.6 Å². The quantitative estimate of drug-likeness (QED) is 0.632. The van der Waals surface area contributed by atoms with Crippen molar-refractivity contribution < 1.29 is 0 Å². The SMILES string of the molecule is Cc1ccc(CCC(c2ccccc2)c2ccccn2)cc1. The molecule has 1 atom stereocenters. The largest absolute Gasteiger partial charge is 0.261 e. The van der Waals surface area contributed by atoms with Gasteiger partial charge in [-0.05, 0) is 43.0 Å². The second-order valence-electron chi connectivity index (χ2n) is 5.74.